The lowest BCUT2D eigenvalue weighted by Gasteiger charge is -2.42. The Labute approximate surface area is 97.3 Å². The first-order valence-electron chi connectivity index (χ1n) is 5.31. The normalized spacial score (nSPS) is 22.9. The highest BCUT2D eigenvalue weighted by molar-refractivity contribution is 5.81. The van der Waals surface area contributed by atoms with Crippen LogP contribution in [-0.2, 0) is 9.53 Å². The fourth-order valence-electron chi connectivity index (χ4n) is 2.13. The zero-order valence-electron chi connectivity index (χ0n) is 9.51. The predicted molar refractivity (Wildman–Crippen MR) is 54.2 cm³/mol. The molecule has 1 saturated carbocycles. The molecule has 0 radical (unpaired) electrons. The molecule has 0 heterocycles. The van der Waals surface area contributed by atoms with E-state index in [0.717, 1.165) is 6.08 Å². The summed E-state index contributed by atoms with van der Waals surface area (Å²) in [6.45, 7) is 3.79. The van der Waals surface area contributed by atoms with Gasteiger partial charge < -0.3 is 9.84 Å². The van der Waals surface area contributed by atoms with E-state index >= 15 is 0 Å². The highest BCUT2D eigenvalue weighted by Gasteiger charge is 2.65. The van der Waals surface area contributed by atoms with Gasteiger partial charge in [-0.15, -0.1) is 0 Å². The molecule has 0 aromatic rings. The van der Waals surface area contributed by atoms with Crippen LogP contribution >= 0.6 is 0 Å². The van der Waals surface area contributed by atoms with Gasteiger partial charge in [-0.3, -0.25) is 0 Å². The van der Waals surface area contributed by atoms with Gasteiger partial charge in [0, 0.05) is 6.08 Å². The van der Waals surface area contributed by atoms with Gasteiger partial charge >= 0.3 is 12.1 Å². The number of rotatable bonds is 3. The summed E-state index contributed by atoms with van der Waals surface area (Å²) in [5.74, 6) is -0.948. The monoisotopic (exact) mass is 252 g/mol. The summed E-state index contributed by atoms with van der Waals surface area (Å²) in [4.78, 5) is 11.1. The molecule has 0 aromatic carbocycles. The molecule has 0 bridgehead atoms. The Balaban J connectivity index is 3.07. The van der Waals surface area contributed by atoms with Crippen molar-refractivity contribution in [1.82, 2.24) is 0 Å². The van der Waals surface area contributed by atoms with E-state index < -0.39 is 23.3 Å². The van der Waals surface area contributed by atoms with Crippen molar-refractivity contribution in [2.24, 2.45) is 0 Å². The van der Waals surface area contributed by atoms with E-state index in [9.17, 15) is 23.1 Å². The maximum Gasteiger partial charge on any atom is 0.420 e. The molecule has 1 fully saturated rings. The van der Waals surface area contributed by atoms with Gasteiger partial charge in [-0.2, -0.15) is 13.2 Å². The van der Waals surface area contributed by atoms with Crippen molar-refractivity contribution < 1.29 is 27.8 Å². The minimum atomic E-state index is -4.85. The van der Waals surface area contributed by atoms with Crippen molar-refractivity contribution >= 4 is 5.97 Å². The van der Waals surface area contributed by atoms with Gasteiger partial charge in [0.2, 0.25) is 0 Å². The molecule has 1 atom stereocenters. The van der Waals surface area contributed by atoms with Crippen LogP contribution < -0.4 is 0 Å². The number of hydrogen-bond acceptors (Lipinski definition) is 3. The van der Waals surface area contributed by atoms with Crippen molar-refractivity contribution in [2.75, 3.05) is 0 Å². The number of ether oxygens (including phenoxy) is 1. The van der Waals surface area contributed by atoms with E-state index in [4.69, 9.17) is 4.74 Å². The third kappa shape index (κ3) is 2.31. The number of esters is 1. The van der Waals surface area contributed by atoms with Crippen LogP contribution in [-0.4, -0.2) is 28.5 Å². The molecule has 0 aromatic heterocycles. The molecule has 98 valence electrons. The largest absolute Gasteiger partial charge is 0.452 e. The average molecular weight is 252 g/mol. The molecule has 17 heavy (non-hydrogen) atoms. The Kier molecular flexibility index (Phi) is 3.57. The van der Waals surface area contributed by atoms with Gasteiger partial charge in [0.15, 0.2) is 5.60 Å². The van der Waals surface area contributed by atoms with Gasteiger partial charge in [-0.25, -0.2) is 4.79 Å². The van der Waals surface area contributed by atoms with E-state index in [1.54, 1.807) is 0 Å². The molecule has 1 N–H and O–H groups in total. The van der Waals surface area contributed by atoms with Crippen molar-refractivity contribution in [3.8, 4) is 0 Å². The maximum absolute atomic E-state index is 12.8. The first kappa shape index (κ1) is 14.0. The fourth-order valence-corrected chi connectivity index (χ4v) is 2.13. The van der Waals surface area contributed by atoms with Crippen LogP contribution in [0.5, 0.6) is 0 Å². The zero-order chi connectivity index (χ0) is 13.3. The summed E-state index contributed by atoms with van der Waals surface area (Å²) < 4.78 is 43.3. The summed E-state index contributed by atoms with van der Waals surface area (Å²) in [7, 11) is 0. The van der Waals surface area contributed by atoms with Crippen LogP contribution in [0.2, 0.25) is 0 Å². The molecule has 1 rings (SSSR count). The third-order valence-electron chi connectivity index (χ3n) is 3.31. The molecular weight excluding hydrogens is 237 g/mol. The van der Waals surface area contributed by atoms with Crippen LogP contribution in [0.4, 0.5) is 13.2 Å². The standard InChI is InChI=1S/C11H15F3O3/c1-3-8(15)17-10(6-4-5-7-10)9(2,16)11(12,13)14/h3,16H,1,4-7H2,2H3. The van der Waals surface area contributed by atoms with Crippen molar-refractivity contribution in [3.05, 3.63) is 12.7 Å². The second-order valence-electron chi connectivity index (χ2n) is 4.40. The first-order chi connectivity index (χ1) is 7.66. The van der Waals surface area contributed by atoms with Gasteiger partial charge in [0.1, 0.15) is 5.60 Å². The summed E-state index contributed by atoms with van der Waals surface area (Å²) in [5.41, 5.74) is -4.94. The lowest BCUT2D eigenvalue weighted by molar-refractivity contribution is -0.311. The molecule has 0 aliphatic heterocycles. The van der Waals surface area contributed by atoms with Crippen LogP contribution in [0.3, 0.4) is 0 Å². The topological polar surface area (TPSA) is 46.5 Å². The molecule has 1 aliphatic carbocycles. The van der Waals surface area contributed by atoms with Crippen molar-refractivity contribution in [3.63, 3.8) is 0 Å². The molecule has 3 nitrogen and oxygen atoms in total. The Morgan fingerprint density at radius 3 is 2.24 bits per heavy atom. The molecule has 1 aliphatic rings. The van der Waals surface area contributed by atoms with Crippen LogP contribution in [0, 0.1) is 0 Å². The minimum Gasteiger partial charge on any atom is -0.452 e. The Morgan fingerprint density at radius 2 is 1.88 bits per heavy atom. The number of carbonyl (C=O) groups excluding carboxylic acids is 1. The molecule has 6 heteroatoms. The predicted octanol–water partition coefficient (Wildman–Crippen LogP) is 2.34. The zero-order valence-corrected chi connectivity index (χ0v) is 9.51. The molecule has 1 unspecified atom stereocenters. The number of aliphatic hydroxyl groups is 1. The number of hydrogen-bond donors (Lipinski definition) is 1. The lowest BCUT2D eigenvalue weighted by atomic mass is 9.82. The van der Waals surface area contributed by atoms with Gasteiger partial charge in [-0.05, 0) is 32.6 Å². The van der Waals surface area contributed by atoms with Crippen LogP contribution in [0.15, 0.2) is 12.7 Å². The summed E-state index contributed by atoms with van der Waals surface area (Å²) in [5, 5.41) is 9.71. The third-order valence-corrected chi connectivity index (χ3v) is 3.31. The maximum atomic E-state index is 12.8. The van der Waals surface area contributed by atoms with E-state index in [-0.39, 0.29) is 12.8 Å². The number of carbonyl (C=O) groups is 1. The quantitative estimate of drug-likeness (QED) is 0.619. The smallest absolute Gasteiger partial charge is 0.420 e. The van der Waals surface area contributed by atoms with Gasteiger partial charge in [0.05, 0.1) is 0 Å². The Morgan fingerprint density at radius 1 is 1.41 bits per heavy atom. The summed E-state index contributed by atoms with van der Waals surface area (Å²) >= 11 is 0. The van der Waals surface area contributed by atoms with Crippen LogP contribution in [0.25, 0.3) is 0 Å². The molecule has 0 amide bonds. The average Bonchev–Trinajstić information content (AvgIpc) is 2.66. The second kappa shape index (κ2) is 4.33. The lowest BCUT2D eigenvalue weighted by Crippen LogP contribution is -2.61. The van der Waals surface area contributed by atoms with E-state index in [1.807, 2.05) is 0 Å². The Bertz CT molecular complexity index is 314. The second-order valence-corrected chi connectivity index (χ2v) is 4.40. The van der Waals surface area contributed by atoms with E-state index in [2.05, 4.69) is 6.58 Å². The highest BCUT2D eigenvalue weighted by Crippen LogP contribution is 2.49. The minimum absolute atomic E-state index is 0.000903. The SMILES string of the molecule is C=CC(=O)OC1(C(C)(O)C(F)(F)F)CCCC1. The number of alkyl halides is 3. The molecular formula is C11H15F3O3. The van der Waals surface area contributed by atoms with Gasteiger partial charge in [0.25, 0.3) is 0 Å². The molecule has 0 saturated heterocycles. The van der Waals surface area contributed by atoms with Crippen LogP contribution in [0.1, 0.15) is 32.6 Å². The summed E-state index contributed by atoms with van der Waals surface area (Å²) in [6, 6.07) is 0. The number of halogens is 3. The Hall–Kier alpha value is -1.04. The van der Waals surface area contributed by atoms with E-state index in [0.29, 0.717) is 19.8 Å². The van der Waals surface area contributed by atoms with Crippen molar-refractivity contribution in [1.29, 1.82) is 0 Å². The highest BCUT2D eigenvalue weighted by atomic mass is 19.4. The van der Waals surface area contributed by atoms with Crippen molar-refractivity contribution in [2.45, 2.75) is 50.0 Å². The summed E-state index contributed by atoms with van der Waals surface area (Å²) in [6.07, 6.45) is -3.09. The van der Waals surface area contributed by atoms with Gasteiger partial charge in [-0.1, -0.05) is 6.58 Å². The fraction of sp³-hybridized carbons (Fsp3) is 0.727. The molecule has 0 spiro atoms. The first-order valence-corrected chi connectivity index (χ1v) is 5.31. The van der Waals surface area contributed by atoms with E-state index in [1.165, 1.54) is 0 Å².